The fraction of sp³-hybridized carbons (Fsp3) is 0.409. The Morgan fingerprint density at radius 3 is 2.53 bits per heavy atom. The Balaban J connectivity index is 0.00000320. The van der Waals surface area contributed by atoms with Crippen molar-refractivity contribution < 1.29 is 14.3 Å². The number of methoxy groups -OCH3 is 1. The van der Waals surface area contributed by atoms with Gasteiger partial charge < -0.3 is 19.7 Å². The molecule has 0 amide bonds. The molecule has 7 nitrogen and oxygen atoms in total. The van der Waals surface area contributed by atoms with Gasteiger partial charge in [-0.25, -0.2) is 0 Å². The number of benzene rings is 1. The summed E-state index contributed by atoms with van der Waals surface area (Å²) >= 11 is 0. The SMILES string of the molecule is CN=C(NCc1ccc(OCc2ccccn2)cc1)N1CCC(C(=O)OC)CC1.I. The molecule has 0 radical (unpaired) electrons. The van der Waals surface area contributed by atoms with Crippen LogP contribution in [-0.4, -0.2) is 49.1 Å². The van der Waals surface area contributed by atoms with Crippen LogP contribution in [0.3, 0.4) is 0 Å². The monoisotopic (exact) mass is 524 g/mol. The van der Waals surface area contributed by atoms with Crippen molar-refractivity contribution in [1.82, 2.24) is 15.2 Å². The van der Waals surface area contributed by atoms with Crippen LogP contribution in [0.25, 0.3) is 0 Å². The molecule has 0 bridgehead atoms. The van der Waals surface area contributed by atoms with Gasteiger partial charge in [0.15, 0.2) is 5.96 Å². The Labute approximate surface area is 194 Å². The number of nitrogens with zero attached hydrogens (tertiary/aromatic N) is 3. The third-order valence-corrected chi connectivity index (χ3v) is 5.03. The minimum atomic E-state index is -0.113. The smallest absolute Gasteiger partial charge is 0.308 e. The molecular weight excluding hydrogens is 495 g/mol. The first kappa shape index (κ1) is 23.9. The molecule has 1 fully saturated rings. The predicted octanol–water partition coefficient (Wildman–Crippen LogP) is 3.24. The Bertz CT molecular complexity index is 807. The van der Waals surface area contributed by atoms with Crippen molar-refractivity contribution >= 4 is 35.9 Å². The first-order valence-electron chi connectivity index (χ1n) is 9.84. The number of aromatic nitrogens is 1. The Kier molecular flexibility index (Phi) is 9.85. The van der Waals surface area contributed by atoms with Crippen LogP contribution in [0.5, 0.6) is 5.75 Å². The molecule has 0 spiro atoms. The van der Waals surface area contributed by atoms with E-state index in [1.165, 1.54) is 7.11 Å². The standard InChI is InChI=1S/C22H28N4O3.HI/c1-23-22(26-13-10-18(11-14-26)21(27)28-2)25-15-17-6-8-20(9-7-17)29-16-19-5-3-4-12-24-19;/h3-9,12,18H,10-11,13-16H2,1-2H3,(H,23,25);1H. The van der Waals surface area contributed by atoms with E-state index in [4.69, 9.17) is 9.47 Å². The molecule has 0 saturated carbocycles. The van der Waals surface area contributed by atoms with Gasteiger partial charge in [0, 0.05) is 32.9 Å². The summed E-state index contributed by atoms with van der Waals surface area (Å²) in [5.74, 6) is 1.54. The molecule has 1 N–H and O–H groups in total. The number of nitrogens with one attached hydrogen (secondary N) is 1. The zero-order valence-electron chi connectivity index (χ0n) is 17.4. The van der Waals surface area contributed by atoms with Crippen LogP contribution >= 0.6 is 24.0 Å². The second kappa shape index (κ2) is 12.4. The lowest BCUT2D eigenvalue weighted by atomic mass is 9.97. The van der Waals surface area contributed by atoms with Gasteiger partial charge in [0.1, 0.15) is 12.4 Å². The van der Waals surface area contributed by atoms with Gasteiger partial charge in [0.05, 0.1) is 18.7 Å². The summed E-state index contributed by atoms with van der Waals surface area (Å²) < 4.78 is 10.6. The number of hydrogen-bond donors (Lipinski definition) is 1. The van der Waals surface area contributed by atoms with Crippen molar-refractivity contribution in [2.45, 2.75) is 26.0 Å². The lowest BCUT2D eigenvalue weighted by molar-refractivity contribution is -0.146. The van der Waals surface area contributed by atoms with Gasteiger partial charge in [0.25, 0.3) is 0 Å². The largest absolute Gasteiger partial charge is 0.487 e. The maximum Gasteiger partial charge on any atom is 0.308 e. The molecule has 0 atom stereocenters. The van der Waals surface area contributed by atoms with Gasteiger partial charge in [-0.2, -0.15) is 0 Å². The topological polar surface area (TPSA) is 76.1 Å². The number of rotatable bonds is 6. The highest BCUT2D eigenvalue weighted by molar-refractivity contribution is 14.0. The van der Waals surface area contributed by atoms with Crippen molar-refractivity contribution in [3.8, 4) is 5.75 Å². The molecule has 2 aromatic rings. The fourth-order valence-electron chi connectivity index (χ4n) is 3.35. The van der Waals surface area contributed by atoms with Gasteiger partial charge in [0.2, 0.25) is 0 Å². The quantitative estimate of drug-likeness (QED) is 0.271. The number of halogens is 1. The van der Waals surface area contributed by atoms with Crippen LogP contribution in [-0.2, 0) is 22.7 Å². The summed E-state index contributed by atoms with van der Waals surface area (Å²) in [5.41, 5.74) is 2.04. The van der Waals surface area contributed by atoms with E-state index in [0.29, 0.717) is 13.2 Å². The van der Waals surface area contributed by atoms with E-state index in [1.54, 1.807) is 13.2 Å². The summed E-state index contributed by atoms with van der Waals surface area (Å²) in [4.78, 5) is 22.5. The first-order chi connectivity index (χ1) is 14.2. The third kappa shape index (κ3) is 6.86. The van der Waals surface area contributed by atoms with Gasteiger partial charge in [-0.05, 0) is 42.7 Å². The summed E-state index contributed by atoms with van der Waals surface area (Å²) in [7, 11) is 3.23. The summed E-state index contributed by atoms with van der Waals surface area (Å²) in [6.07, 6.45) is 3.34. The Morgan fingerprint density at radius 2 is 1.93 bits per heavy atom. The maximum atomic E-state index is 11.7. The molecule has 8 heteroatoms. The second-order valence-corrected chi connectivity index (χ2v) is 6.94. The lowest BCUT2D eigenvalue weighted by Gasteiger charge is -2.33. The van der Waals surface area contributed by atoms with Crippen molar-refractivity contribution in [2.24, 2.45) is 10.9 Å². The number of esters is 1. The molecule has 1 saturated heterocycles. The first-order valence-corrected chi connectivity index (χ1v) is 9.84. The highest BCUT2D eigenvalue weighted by atomic mass is 127. The third-order valence-electron chi connectivity index (χ3n) is 5.03. The summed E-state index contributed by atoms with van der Waals surface area (Å²) in [6, 6.07) is 13.8. The molecule has 2 heterocycles. The molecule has 0 aliphatic carbocycles. The van der Waals surface area contributed by atoms with Gasteiger partial charge in [-0.3, -0.25) is 14.8 Å². The van der Waals surface area contributed by atoms with E-state index in [-0.39, 0.29) is 35.9 Å². The molecule has 1 aliphatic rings. The second-order valence-electron chi connectivity index (χ2n) is 6.94. The summed E-state index contributed by atoms with van der Waals surface area (Å²) in [5, 5.41) is 3.40. The Morgan fingerprint density at radius 1 is 1.20 bits per heavy atom. The molecule has 3 rings (SSSR count). The summed E-state index contributed by atoms with van der Waals surface area (Å²) in [6.45, 7) is 2.70. The molecule has 1 aromatic carbocycles. The number of ether oxygens (including phenoxy) is 2. The average Bonchev–Trinajstić information content (AvgIpc) is 2.79. The molecule has 1 aliphatic heterocycles. The van der Waals surface area contributed by atoms with Crippen LogP contribution < -0.4 is 10.1 Å². The van der Waals surface area contributed by atoms with Crippen LogP contribution in [0.2, 0.25) is 0 Å². The zero-order valence-corrected chi connectivity index (χ0v) is 19.7. The van der Waals surface area contributed by atoms with E-state index in [9.17, 15) is 4.79 Å². The number of guanidine groups is 1. The predicted molar refractivity (Wildman–Crippen MR) is 127 cm³/mol. The highest BCUT2D eigenvalue weighted by Crippen LogP contribution is 2.19. The van der Waals surface area contributed by atoms with Crippen molar-refractivity contribution in [3.63, 3.8) is 0 Å². The van der Waals surface area contributed by atoms with E-state index in [1.807, 2.05) is 42.5 Å². The van der Waals surface area contributed by atoms with E-state index >= 15 is 0 Å². The van der Waals surface area contributed by atoms with Crippen LogP contribution in [0, 0.1) is 5.92 Å². The number of likely N-dealkylation sites (tertiary alicyclic amines) is 1. The molecular formula is C22H29IN4O3. The molecule has 1 aromatic heterocycles. The van der Waals surface area contributed by atoms with Crippen LogP contribution in [0.4, 0.5) is 0 Å². The maximum absolute atomic E-state index is 11.7. The molecule has 0 unspecified atom stereocenters. The number of hydrogen-bond acceptors (Lipinski definition) is 5. The minimum absolute atomic E-state index is 0. The Hall–Kier alpha value is -2.36. The fourth-order valence-corrected chi connectivity index (χ4v) is 3.35. The van der Waals surface area contributed by atoms with E-state index in [2.05, 4.69) is 20.2 Å². The van der Waals surface area contributed by atoms with Gasteiger partial charge in [-0.15, -0.1) is 24.0 Å². The normalized spacial score (nSPS) is 14.6. The minimum Gasteiger partial charge on any atom is -0.487 e. The van der Waals surface area contributed by atoms with Gasteiger partial charge >= 0.3 is 5.97 Å². The average molecular weight is 524 g/mol. The van der Waals surface area contributed by atoms with Crippen molar-refractivity contribution in [1.29, 1.82) is 0 Å². The number of piperidine rings is 1. The lowest BCUT2D eigenvalue weighted by Crippen LogP contribution is -2.46. The number of carbonyl (C=O) groups is 1. The van der Waals surface area contributed by atoms with E-state index < -0.39 is 0 Å². The van der Waals surface area contributed by atoms with Crippen molar-refractivity contribution in [3.05, 3.63) is 59.9 Å². The van der Waals surface area contributed by atoms with Crippen molar-refractivity contribution in [2.75, 3.05) is 27.2 Å². The van der Waals surface area contributed by atoms with Gasteiger partial charge in [-0.1, -0.05) is 18.2 Å². The highest BCUT2D eigenvalue weighted by Gasteiger charge is 2.26. The van der Waals surface area contributed by atoms with E-state index in [0.717, 1.165) is 48.9 Å². The number of aliphatic imine (C=N–C) groups is 1. The van der Waals surface area contributed by atoms with Crippen LogP contribution in [0.1, 0.15) is 24.1 Å². The zero-order chi connectivity index (χ0) is 20.5. The molecule has 30 heavy (non-hydrogen) atoms. The number of carbonyl (C=O) groups excluding carboxylic acids is 1. The molecule has 162 valence electrons. The number of pyridine rings is 1. The van der Waals surface area contributed by atoms with Crippen LogP contribution in [0.15, 0.2) is 53.7 Å².